The van der Waals surface area contributed by atoms with E-state index in [2.05, 4.69) is 0 Å². The maximum atomic E-state index is 13.4. The van der Waals surface area contributed by atoms with Crippen molar-refractivity contribution in [1.29, 1.82) is 0 Å². The van der Waals surface area contributed by atoms with Gasteiger partial charge in [0.1, 0.15) is 0 Å². The van der Waals surface area contributed by atoms with Gasteiger partial charge in [0.05, 0.1) is 0 Å². The molecule has 0 aliphatic carbocycles. The number of halogens is 15. The van der Waals surface area contributed by atoms with Gasteiger partial charge in [-0.25, -0.2) is 0 Å². The SMILES string of the molecule is C[PH](F)(C(F)(F)C(F)(F)C(F)(F)F)C(F)(F)C(F)(F)C(F)(F)F. The Morgan fingerprint density at radius 2 is 0.652 bits per heavy atom. The van der Waals surface area contributed by atoms with Gasteiger partial charge in [0, 0.05) is 0 Å². The molecule has 23 heavy (non-hydrogen) atoms. The first-order chi connectivity index (χ1) is 9.50. The average Bonchev–Trinajstić information content (AvgIpc) is 2.24. The van der Waals surface area contributed by atoms with Crippen LogP contribution in [0.1, 0.15) is 0 Å². The van der Waals surface area contributed by atoms with Crippen LogP contribution in [-0.4, -0.2) is 42.2 Å². The van der Waals surface area contributed by atoms with Crippen molar-refractivity contribution in [3.05, 3.63) is 0 Å². The maximum absolute atomic E-state index is 13.4. The van der Waals surface area contributed by atoms with Gasteiger partial charge >= 0.3 is 115 Å². The van der Waals surface area contributed by atoms with Crippen LogP contribution in [0.4, 0.5) is 65.7 Å². The van der Waals surface area contributed by atoms with Gasteiger partial charge in [0.15, 0.2) is 0 Å². The molecule has 0 aromatic rings. The zero-order valence-corrected chi connectivity index (χ0v) is 11.2. The second kappa shape index (κ2) is 5.19. The summed E-state index contributed by atoms with van der Waals surface area (Å²) in [6.45, 7) is -1.48. The Morgan fingerprint density at radius 3 is 0.783 bits per heavy atom. The fourth-order valence-electron chi connectivity index (χ4n) is 1.14. The standard InChI is InChI=1S/C7H4F15P/c1-23(22,6(18,19)2(8,9)4(12,13)14)7(20,21)3(10,11)5(15,16)17/h23H,1H3. The van der Waals surface area contributed by atoms with Gasteiger partial charge in [0.2, 0.25) is 0 Å². The topological polar surface area (TPSA) is 0 Å². The van der Waals surface area contributed by atoms with Crippen LogP contribution >= 0.6 is 7.57 Å². The molecule has 0 aliphatic rings. The molecule has 0 bridgehead atoms. The molecule has 0 atom stereocenters. The Hall–Kier alpha value is -0.620. The Balaban J connectivity index is 6.37. The summed E-state index contributed by atoms with van der Waals surface area (Å²) < 4.78 is 185. The Morgan fingerprint density at radius 1 is 0.478 bits per heavy atom. The van der Waals surface area contributed by atoms with Crippen LogP contribution in [-0.2, 0) is 0 Å². The normalized spacial score (nSPS) is 17.4. The summed E-state index contributed by atoms with van der Waals surface area (Å²) in [5.74, 6) is -15.2. The Kier molecular flexibility index (Phi) is 5.05. The van der Waals surface area contributed by atoms with Crippen LogP contribution in [0.5, 0.6) is 0 Å². The molecule has 0 radical (unpaired) electrons. The van der Waals surface area contributed by atoms with E-state index in [0.717, 1.165) is 0 Å². The molecule has 0 saturated heterocycles. The Labute approximate surface area is 117 Å². The second-order valence-electron chi connectivity index (χ2n) is 4.30. The molecular formula is C7H4F15P. The van der Waals surface area contributed by atoms with Gasteiger partial charge in [-0.15, -0.1) is 0 Å². The van der Waals surface area contributed by atoms with Crippen molar-refractivity contribution >= 4 is 7.57 Å². The minimum atomic E-state index is -8.76. The van der Waals surface area contributed by atoms with Gasteiger partial charge in [0.25, 0.3) is 0 Å². The van der Waals surface area contributed by atoms with Gasteiger partial charge in [-0.05, 0) is 0 Å². The molecule has 0 amide bonds. The van der Waals surface area contributed by atoms with E-state index in [9.17, 15) is 65.7 Å². The van der Waals surface area contributed by atoms with Crippen LogP contribution in [0, 0.1) is 0 Å². The van der Waals surface area contributed by atoms with Crippen LogP contribution in [0.15, 0.2) is 0 Å². The first-order valence-corrected chi connectivity index (χ1v) is 7.21. The van der Waals surface area contributed by atoms with Crippen LogP contribution in [0.3, 0.4) is 0 Å². The third kappa shape index (κ3) is 2.82. The van der Waals surface area contributed by atoms with Gasteiger partial charge in [-0.3, -0.25) is 0 Å². The van der Waals surface area contributed by atoms with Crippen molar-refractivity contribution in [2.75, 3.05) is 6.66 Å². The van der Waals surface area contributed by atoms with Crippen molar-refractivity contribution in [1.82, 2.24) is 0 Å². The van der Waals surface area contributed by atoms with E-state index in [0.29, 0.717) is 0 Å². The van der Waals surface area contributed by atoms with E-state index < -0.39 is 49.8 Å². The molecule has 0 aromatic carbocycles. The molecule has 16 heteroatoms. The van der Waals surface area contributed by atoms with Gasteiger partial charge in [-0.1, -0.05) is 0 Å². The number of alkyl halides is 14. The summed E-state index contributed by atoms with van der Waals surface area (Å²) in [7, 11) is -8.76. The first kappa shape index (κ1) is 22.4. The van der Waals surface area contributed by atoms with E-state index in [-0.39, 0.29) is 0 Å². The molecule has 0 rings (SSSR count). The van der Waals surface area contributed by atoms with E-state index >= 15 is 0 Å². The van der Waals surface area contributed by atoms with Crippen LogP contribution < -0.4 is 0 Å². The van der Waals surface area contributed by atoms with E-state index in [1.54, 1.807) is 0 Å². The van der Waals surface area contributed by atoms with Gasteiger partial charge in [-0.2, -0.15) is 0 Å². The summed E-state index contributed by atoms with van der Waals surface area (Å²) >= 11 is 0. The molecule has 0 unspecified atom stereocenters. The van der Waals surface area contributed by atoms with Crippen molar-refractivity contribution in [3.8, 4) is 0 Å². The first-order valence-electron chi connectivity index (χ1n) is 4.83. The molecule has 142 valence electrons. The van der Waals surface area contributed by atoms with Crippen molar-refractivity contribution in [3.63, 3.8) is 0 Å². The summed E-state index contributed by atoms with van der Waals surface area (Å²) in [5.41, 5.74) is -15.1. The van der Waals surface area contributed by atoms with Gasteiger partial charge < -0.3 is 0 Å². The predicted molar refractivity (Wildman–Crippen MR) is 47.2 cm³/mol. The Bertz CT molecular complexity index is 400. The molecule has 0 heterocycles. The molecule has 0 N–H and O–H groups in total. The molecule has 0 saturated carbocycles. The van der Waals surface area contributed by atoms with E-state index in [4.69, 9.17) is 0 Å². The van der Waals surface area contributed by atoms with Crippen molar-refractivity contribution in [2.24, 2.45) is 0 Å². The van der Waals surface area contributed by atoms with Crippen LogP contribution in [0.25, 0.3) is 0 Å². The fraction of sp³-hybridized carbons (Fsp3) is 1.00. The summed E-state index contributed by atoms with van der Waals surface area (Å²) in [6, 6.07) is 0. The minimum absolute atomic E-state index is 1.48. The molecule has 0 aromatic heterocycles. The third-order valence-electron chi connectivity index (χ3n) is 2.68. The number of hydrogen-bond acceptors (Lipinski definition) is 0. The molecule has 0 fully saturated rings. The second-order valence-corrected chi connectivity index (χ2v) is 7.56. The van der Waals surface area contributed by atoms with E-state index in [1.165, 1.54) is 0 Å². The zero-order valence-electron chi connectivity index (χ0n) is 10.2. The zero-order chi connectivity index (χ0) is 19.5. The summed E-state index contributed by atoms with van der Waals surface area (Å²) in [5, 5.41) is 0. The van der Waals surface area contributed by atoms with Crippen LogP contribution in [0.2, 0.25) is 0 Å². The van der Waals surface area contributed by atoms with Crippen molar-refractivity contribution < 1.29 is 65.7 Å². The molecule has 0 spiro atoms. The summed E-state index contributed by atoms with van der Waals surface area (Å²) in [4.78, 5) is 0. The monoisotopic (exact) mass is 404 g/mol. The number of rotatable bonds is 4. The summed E-state index contributed by atoms with van der Waals surface area (Å²) in [6.07, 6.45) is -14.8. The van der Waals surface area contributed by atoms with Crippen molar-refractivity contribution in [2.45, 2.75) is 35.5 Å². The molecule has 0 aliphatic heterocycles. The quantitative estimate of drug-likeness (QED) is 0.409. The van der Waals surface area contributed by atoms with E-state index in [1.807, 2.05) is 0 Å². The number of hydrogen-bond donors (Lipinski definition) is 0. The molecule has 0 nitrogen and oxygen atoms in total. The molecular weight excluding hydrogens is 400 g/mol. The average molecular weight is 404 g/mol. The fourth-order valence-corrected chi connectivity index (χ4v) is 3.00. The third-order valence-corrected chi connectivity index (χ3v) is 5.67. The predicted octanol–water partition coefficient (Wildman–Crippen LogP) is 5.83.